The summed E-state index contributed by atoms with van der Waals surface area (Å²) >= 11 is 5.74. The third-order valence-electron chi connectivity index (χ3n) is 3.14. The van der Waals surface area contributed by atoms with Gasteiger partial charge in [0.25, 0.3) is 0 Å². The number of hydrogen-bond donors (Lipinski definition) is 2. The number of benzene rings is 1. The highest BCUT2D eigenvalue weighted by Gasteiger charge is 2.19. The van der Waals surface area contributed by atoms with Crippen molar-refractivity contribution in [1.82, 2.24) is 9.97 Å². The van der Waals surface area contributed by atoms with E-state index in [-0.39, 0.29) is 10.9 Å². The Bertz CT molecular complexity index is 625. The summed E-state index contributed by atoms with van der Waals surface area (Å²) in [6, 6.07) is 12.7. The van der Waals surface area contributed by atoms with Crippen molar-refractivity contribution in [3.8, 4) is 0 Å². The molecule has 2 N–H and O–H groups in total. The van der Waals surface area contributed by atoms with E-state index in [2.05, 4.69) is 9.97 Å². The molecule has 4 heteroatoms. The summed E-state index contributed by atoms with van der Waals surface area (Å²) < 4.78 is 13.7. The fraction of sp³-hybridized carbons (Fsp3) is 0.0667. The Morgan fingerprint density at radius 1 is 0.947 bits per heavy atom. The number of aromatic nitrogens is 2. The van der Waals surface area contributed by atoms with Gasteiger partial charge in [-0.1, -0.05) is 17.7 Å². The van der Waals surface area contributed by atoms with Crippen molar-refractivity contribution >= 4 is 11.6 Å². The predicted molar refractivity (Wildman–Crippen MR) is 73.9 cm³/mol. The number of H-pyrrole nitrogens is 2. The van der Waals surface area contributed by atoms with Crippen LogP contribution < -0.4 is 0 Å². The van der Waals surface area contributed by atoms with Crippen molar-refractivity contribution in [2.75, 3.05) is 0 Å². The summed E-state index contributed by atoms with van der Waals surface area (Å²) in [4.78, 5) is 6.37. The molecule has 0 atom stereocenters. The Hall–Kier alpha value is -2.00. The lowest BCUT2D eigenvalue weighted by molar-refractivity contribution is 0.625. The highest BCUT2D eigenvalue weighted by Crippen LogP contribution is 2.31. The Balaban J connectivity index is 2.12. The van der Waals surface area contributed by atoms with Gasteiger partial charge in [0, 0.05) is 23.8 Å². The maximum absolute atomic E-state index is 13.7. The Labute approximate surface area is 115 Å². The molecule has 0 aliphatic rings. The molecule has 96 valence electrons. The van der Waals surface area contributed by atoms with Gasteiger partial charge in [-0.15, -0.1) is 0 Å². The second-order valence-electron chi connectivity index (χ2n) is 4.36. The molecule has 3 aromatic rings. The second-order valence-corrected chi connectivity index (χ2v) is 4.76. The fourth-order valence-electron chi connectivity index (χ4n) is 2.27. The maximum atomic E-state index is 13.7. The van der Waals surface area contributed by atoms with E-state index in [1.807, 2.05) is 42.7 Å². The van der Waals surface area contributed by atoms with Crippen LogP contribution in [-0.4, -0.2) is 9.97 Å². The SMILES string of the molecule is Fc1cc(C(c2ccc[nH]2)c2ccc[nH]2)ccc1Cl. The molecule has 0 amide bonds. The fourth-order valence-corrected chi connectivity index (χ4v) is 2.38. The summed E-state index contributed by atoms with van der Waals surface area (Å²) in [6.45, 7) is 0. The number of nitrogens with one attached hydrogen (secondary N) is 2. The Morgan fingerprint density at radius 3 is 2.05 bits per heavy atom. The molecule has 0 spiro atoms. The van der Waals surface area contributed by atoms with Crippen molar-refractivity contribution in [2.45, 2.75) is 5.92 Å². The van der Waals surface area contributed by atoms with E-state index >= 15 is 0 Å². The van der Waals surface area contributed by atoms with Crippen LogP contribution in [0.3, 0.4) is 0 Å². The quantitative estimate of drug-likeness (QED) is 0.713. The van der Waals surface area contributed by atoms with Gasteiger partial charge in [-0.05, 0) is 42.0 Å². The number of hydrogen-bond acceptors (Lipinski definition) is 0. The van der Waals surface area contributed by atoms with E-state index in [4.69, 9.17) is 11.6 Å². The molecule has 0 aliphatic heterocycles. The van der Waals surface area contributed by atoms with E-state index in [1.54, 1.807) is 6.07 Å². The van der Waals surface area contributed by atoms with E-state index in [0.717, 1.165) is 17.0 Å². The monoisotopic (exact) mass is 274 g/mol. The number of halogens is 2. The van der Waals surface area contributed by atoms with Crippen LogP contribution in [0.25, 0.3) is 0 Å². The molecule has 0 saturated heterocycles. The third kappa shape index (κ3) is 2.29. The van der Waals surface area contributed by atoms with Crippen molar-refractivity contribution in [1.29, 1.82) is 0 Å². The van der Waals surface area contributed by atoms with Crippen LogP contribution in [0.15, 0.2) is 54.9 Å². The van der Waals surface area contributed by atoms with Gasteiger partial charge in [-0.2, -0.15) is 0 Å². The Kier molecular flexibility index (Phi) is 3.13. The molecule has 0 saturated carbocycles. The molecule has 19 heavy (non-hydrogen) atoms. The molecular formula is C15H12ClFN2. The highest BCUT2D eigenvalue weighted by molar-refractivity contribution is 6.30. The van der Waals surface area contributed by atoms with Gasteiger partial charge in [0.15, 0.2) is 0 Å². The minimum absolute atomic E-state index is 0.0585. The largest absolute Gasteiger partial charge is 0.364 e. The summed E-state index contributed by atoms with van der Waals surface area (Å²) in [6.07, 6.45) is 3.72. The summed E-state index contributed by atoms with van der Waals surface area (Å²) in [7, 11) is 0. The predicted octanol–water partition coefficient (Wildman–Crippen LogP) is 4.32. The van der Waals surface area contributed by atoms with Crippen LogP contribution in [0.4, 0.5) is 4.39 Å². The van der Waals surface area contributed by atoms with Crippen LogP contribution >= 0.6 is 11.6 Å². The molecule has 0 unspecified atom stereocenters. The van der Waals surface area contributed by atoms with Gasteiger partial charge in [-0.3, -0.25) is 0 Å². The van der Waals surface area contributed by atoms with Gasteiger partial charge in [0.1, 0.15) is 5.82 Å². The third-order valence-corrected chi connectivity index (χ3v) is 3.45. The lowest BCUT2D eigenvalue weighted by atomic mass is 9.92. The molecular weight excluding hydrogens is 263 g/mol. The smallest absolute Gasteiger partial charge is 0.142 e. The summed E-state index contributed by atoms with van der Waals surface area (Å²) in [5, 5.41) is 0.139. The van der Waals surface area contributed by atoms with E-state index in [1.165, 1.54) is 6.07 Å². The molecule has 0 bridgehead atoms. The molecule has 0 radical (unpaired) electrons. The van der Waals surface area contributed by atoms with E-state index < -0.39 is 5.82 Å². The highest BCUT2D eigenvalue weighted by atomic mass is 35.5. The minimum Gasteiger partial charge on any atom is -0.364 e. The molecule has 2 aromatic heterocycles. The minimum atomic E-state index is -0.401. The van der Waals surface area contributed by atoms with Crippen LogP contribution in [0.2, 0.25) is 5.02 Å². The zero-order valence-electron chi connectivity index (χ0n) is 10.0. The average Bonchev–Trinajstić information content (AvgIpc) is 3.07. The molecule has 2 nitrogen and oxygen atoms in total. The van der Waals surface area contributed by atoms with Crippen molar-refractivity contribution in [2.24, 2.45) is 0 Å². The lowest BCUT2D eigenvalue weighted by Gasteiger charge is -2.15. The second kappa shape index (κ2) is 4.94. The van der Waals surface area contributed by atoms with E-state index in [0.29, 0.717) is 0 Å². The maximum Gasteiger partial charge on any atom is 0.142 e. The van der Waals surface area contributed by atoms with Crippen molar-refractivity contribution < 1.29 is 4.39 Å². The number of aromatic amines is 2. The Morgan fingerprint density at radius 2 is 1.58 bits per heavy atom. The lowest BCUT2D eigenvalue weighted by Crippen LogP contribution is -2.04. The van der Waals surface area contributed by atoms with Gasteiger partial charge in [0.2, 0.25) is 0 Å². The first-order valence-corrected chi connectivity index (χ1v) is 6.35. The summed E-state index contributed by atoms with van der Waals surface area (Å²) in [5.74, 6) is -0.459. The number of rotatable bonds is 3. The molecule has 1 aromatic carbocycles. The van der Waals surface area contributed by atoms with Crippen molar-refractivity contribution in [3.63, 3.8) is 0 Å². The topological polar surface area (TPSA) is 31.6 Å². The van der Waals surface area contributed by atoms with Crippen LogP contribution in [0.1, 0.15) is 22.9 Å². The first-order valence-electron chi connectivity index (χ1n) is 5.97. The zero-order valence-corrected chi connectivity index (χ0v) is 10.8. The molecule has 0 fully saturated rings. The normalized spacial score (nSPS) is 11.1. The van der Waals surface area contributed by atoms with Gasteiger partial charge < -0.3 is 9.97 Å². The first-order chi connectivity index (χ1) is 9.25. The van der Waals surface area contributed by atoms with Crippen LogP contribution in [0.5, 0.6) is 0 Å². The van der Waals surface area contributed by atoms with Crippen LogP contribution in [-0.2, 0) is 0 Å². The van der Waals surface area contributed by atoms with E-state index in [9.17, 15) is 4.39 Å². The van der Waals surface area contributed by atoms with Gasteiger partial charge in [0.05, 0.1) is 10.9 Å². The van der Waals surface area contributed by atoms with Gasteiger partial charge >= 0.3 is 0 Å². The first kappa shape index (κ1) is 12.1. The van der Waals surface area contributed by atoms with Gasteiger partial charge in [-0.25, -0.2) is 4.39 Å². The zero-order chi connectivity index (χ0) is 13.2. The molecule has 2 heterocycles. The average molecular weight is 275 g/mol. The standard InChI is InChI=1S/C15H12ClFN2/c16-11-6-5-10(9-12(11)17)15(13-3-1-7-18-13)14-4-2-8-19-14/h1-9,15,18-19H. The van der Waals surface area contributed by atoms with Crippen LogP contribution in [0, 0.1) is 5.82 Å². The summed E-state index contributed by atoms with van der Waals surface area (Å²) in [5.41, 5.74) is 2.86. The molecule has 3 rings (SSSR count). The molecule has 0 aliphatic carbocycles. The van der Waals surface area contributed by atoms with Crippen molar-refractivity contribution in [3.05, 3.63) is 82.6 Å².